The molecular formula is C28H31N5O. The van der Waals surface area contributed by atoms with Crippen LogP contribution in [0.5, 0.6) is 0 Å². The van der Waals surface area contributed by atoms with E-state index in [-0.39, 0.29) is 11.6 Å². The van der Waals surface area contributed by atoms with Crippen molar-refractivity contribution in [3.8, 4) is 11.3 Å². The second kappa shape index (κ2) is 10.3. The number of hydrogen-bond acceptors (Lipinski definition) is 5. The number of pyridine rings is 1. The van der Waals surface area contributed by atoms with Gasteiger partial charge in [-0.3, -0.25) is 14.7 Å². The molecule has 1 aliphatic heterocycles. The Balaban J connectivity index is 1.28. The number of nitrogens with zero attached hydrogens (tertiary/aromatic N) is 4. The van der Waals surface area contributed by atoms with Gasteiger partial charge in [0.05, 0.1) is 29.5 Å². The van der Waals surface area contributed by atoms with E-state index in [4.69, 9.17) is 10.4 Å². The Kier molecular flexibility index (Phi) is 6.77. The lowest BCUT2D eigenvalue weighted by atomic mass is 10.1. The zero-order valence-corrected chi connectivity index (χ0v) is 19.5. The van der Waals surface area contributed by atoms with Crippen molar-refractivity contribution in [2.24, 2.45) is 0 Å². The van der Waals surface area contributed by atoms with Crippen molar-refractivity contribution < 1.29 is 0 Å². The lowest BCUT2D eigenvalue weighted by molar-refractivity contribution is 0.331. The molecule has 0 atom stereocenters. The van der Waals surface area contributed by atoms with Gasteiger partial charge in [0, 0.05) is 30.4 Å². The van der Waals surface area contributed by atoms with Gasteiger partial charge in [0.15, 0.2) is 0 Å². The van der Waals surface area contributed by atoms with Crippen LogP contribution in [0.15, 0.2) is 65.9 Å². The fourth-order valence-corrected chi connectivity index (χ4v) is 4.98. The molecule has 2 fully saturated rings. The molecule has 0 spiro atoms. The van der Waals surface area contributed by atoms with Gasteiger partial charge in [-0.15, -0.1) is 0 Å². The van der Waals surface area contributed by atoms with Gasteiger partial charge in [-0.05, 0) is 68.1 Å². The second-order valence-electron chi connectivity index (χ2n) is 9.36. The molecule has 5 rings (SSSR count). The number of allylic oxidation sites excluding steroid dienone is 1. The predicted molar refractivity (Wildman–Crippen MR) is 136 cm³/mol. The van der Waals surface area contributed by atoms with Crippen molar-refractivity contribution in [2.45, 2.75) is 51.1 Å². The van der Waals surface area contributed by atoms with Gasteiger partial charge in [0.2, 0.25) is 0 Å². The monoisotopic (exact) mass is 453 g/mol. The highest BCUT2D eigenvalue weighted by atomic mass is 16.1. The summed E-state index contributed by atoms with van der Waals surface area (Å²) in [5, 5.41) is 8.45. The SMILES string of the molecule is N=C(/C=C/c1cncc(-c2ccc(=O)n(C3CCCC3)c2)n1)c1ccc(CN2CCCC2)cc1. The Bertz CT molecular complexity index is 1230. The maximum atomic E-state index is 12.4. The Morgan fingerprint density at radius 3 is 2.53 bits per heavy atom. The minimum absolute atomic E-state index is 0.0413. The lowest BCUT2D eigenvalue weighted by Crippen LogP contribution is -2.22. The Hall–Kier alpha value is -3.38. The first kappa shape index (κ1) is 22.4. The van der Waals surface area contributed by atoms with Crippen molar-refractivity contribution in [1.82, 2.24) is 19.4 Å². The fourth-order valence-electron chi connectivity index (χ4n) is 4.98. The number of aromatic nitrogens is 3. The van der Waals surface area contributed by atoms with Crippen molar-refractivity contribution in [2.75, 3.05) is 13.1 Å². The van der Waals surface area contributed by atoms with Crippen molar-refractivity contribution in [1.29, 1.82) is 5.41 Å². The molecule has 0 unspecified atom stereocenters. The summed E-state index contributed by atoms with van der Waals surface area (Å²) in [6.45, 7) is 3.35. The highest BCUT2D eigenvalue weighted by molar-refractivity contribution is 6.08. The van der Waals surface area contributed by atoms with Crippen LogP contribution in [0, 0.1) is 5.41 Å². The van der Waals surface area contributed by atoms with Crippen LogP contribution in [0.3, 0.4) is 0 Å². The van der Waals surface area contributed by atoms with Crippen molar-refractivity contribution in [3.05, 3.63) is 88.2 Å². The summed E-state index contributed by atoms with van der Waals surface area (Å²) in [4.78, 5) is 23.9. The van der Waals surface area contributed by atoms with Gasteiger partial charge in [-0.2, -0.15) is 0 Å². The molecule has 6 heteroatoms. The smallest absolute Gasteiger partial charge is 0.250 e. The van der Waals surface area contributed by atoms with Crippen LogP contribution in [-0.2, 0) is 6.54 Å². The van der Waals surface area contributed by atoms with E-state index in [9.17, 15) is 4.79 Å². The molecule has 2 aromatic heterocycles. The Morgan fingerprint density at radius 1 is 1.00 bits per heavy atom. The predicted octanol–water partition coefficient (Wildman–Crippen LogP) is 5.10. The summed E-state index contributed by atoms with van der Waals surface area (Å²) in [5.74, 6) is 0. The van der Waals surface area contributed by atoms with Crippen molar-refractivity contribution in [3.63, 3.8) is 0 Å². The third-order valence-electron chi connectivity index (χ3n) is 6.90. The zero-order valence-electron chi connectivity index (χ0n) is 19.5. The summed E-state index contributed by atoms with van der Waals surface area (Å²) in [6, 6.07) is 12.0. The zero-order chi connectivity index (χ0) is 23.3. The van der Waals surface area contributed by atoms with E-state index < -0.39 is 0 Å². The van der Waals surface area contributed by atoms with Gasteiger partial charge < -0.3 is 9.98 Å². The average molecular weight is 454 g/mol. The van der Waals surface area contributed by atoms with Crippen LogP contribution in [0.4, 0.5) is 0 Å². The van der Waals surface area contributed by atoms with E-state index in [2.05, 4.69) is 22.0 Å². The topological polar surface area (TPSA) is 74.9 Å². The molecule has 1 N–H and O–H groups in total. The molecular weight excluding hydrogens is 422 g/mol. The van der Waals surface area contributed by atoms with Gasteiger partial charge in [0.25, 0.3) is 5.56 Å². The number of nitrogens with one attached hydrogen (secondary N) is 1. The standard InChI is InChI=1S/C28H31N5O/c29-26(22-9-7-21(8-10-22)19-32-15-3-4-16-32)13-12-24-17-30-18-27(31-24)23-11-14-28(34)33(20-23)25-5-1-2-6-25/h7-14,17-18,20,25,29H,1-6,15-16,19H2/b13-12+,29-26?. The Labute approximate surface area is 200 Å². The molecule has 1 aromatic carbocycles. The maximum Gasteiger partial charge on any atom is 0.250 e. The number of likely N-dealkylation sites (tertiary alicyclic amines) is 1. The van der Waals surface area contributed by atoms with E-state index in [0.29, 0.717) is 11.4 Å². The van der Waals surface area contributed by atoms with Crippen LogP contribution in [0.2, 0.25) is 0 Å². The molecule has 1 saturated heterocycles. The number of hydrogen-bond donors (Lipinski definition) is 1. The highest BCUT2D eigenvalue weighted by Gasteiger charge is 2.18. The van der Waals surface area contributed by atoms with E-state index in [1.807, 2.05) is 35.0 Å². The molecule has 0 radical (unpaired) electrons. The summed E-state index contributed by atoms with van der Waals surface area (Å²) in [7, 11) is 0. The average Bonchev–Trinajstić information content (AvgIpc) is 3.58. The van der Waals surface area contributed by atoms with Crippen molar-refractivity contribution >= 4 is 11.8 Å². The first-order chi connectivity index (χ1) is 16.7. The molecule has 2 aliphatic rings. The molecule has 1 saturated carbocycles. The maximum absolute atomic E-state index is 12.4. The largest absolute Gasteiger partial charge is 0.312 e. The molecule has 0 amide bonds. The molecule has 1 aliphatic carbocycles. The second-order valence-corrected chi connectivity index (χ2v) is 9.36. The minimum Gasteiger partial charge on any atom is -0.312 e. The van der Waals surface area contributed by atoms with Gasteiger partial charge >= 0.3 is 0 Å². The Morgan fingerprint density at radius 2 is 1.76 bits per heavy atom. The normalized spacial score (nSPS) is 17.1. The summed E-state index contributed by atoms with van der Waals surface area (Å²) in [6.07, 6.45) is 16.0. The van der Waals surface area contributed by atoms with Gasteiger partial charge in [-0.1, -0.05) is 37.1 Å². The first-order valence-electron chi connectivity index (χ1n) is 12.3. The summed E-state index contributed by atoms with van der Waals surface area (Å²) >= 11 is 0. The van der Waals surface area contributed by atoms with E-state index in [0.717, 1.165) is 36.2 Å². The summed E-state index contributed by atoms with van der Waals surface area (Å²) in [5.41, 5.74) is 4.96. The van der Waals surface area contributed by atoms with Crippen LogP contribution in [0.1, 0.15) is 61.4 Å². The van der Waals surface area contributed by atoms with E-state index in [1.165, 1.54) is 44.3 Å². The number of rotatable bonds is 7. The molecule has 3 heterocycles. The van der Waals surface area contributed by atoms with Gasteiger partial charge in [0.1, 0.15) is 0 Å². The van der Waals surface area contributed by atoms with E-state index >= 15 is 0 Å². The van der Waals surface area contributed by atoms with Crippen LogP contribution < -0.4 is 5.56 Å². The summed E-state index contributed by atoms with van der Waals surface area (Å²) < 4.78 is 1.86. The molecule has 3 aromatic rings. The molecule has 0 bridgehead atoms. The quantitative estimate of drug-likeness (QED) is 0.505. The molecule has 34 heavy (non-hydrogen) atoms. The first-order valence-corrected chi connectivity index (χ1v) is 12.3. The lowest BCUT2D eigenvalue weighted by Gasteiger charge is -2.14. The van der Waals surface area contributed by atoms with Crippen LogP contribution in [0.25, 0.3) is 17.3 Å². The minimum atomic E-state index is 0.0413. The number of benzene rings is 1. The van der Waals surface area contributed by atoms with E-state index in [1.54, 1.807) is 24.5 Å². The highest BCUT2D eigenvalue weighted by Crippen LogP contribution is 2.29. The van der Waals surface area contributed by atoms with Gasteiger partial charge in [-0.25, -0.2) is 4.98 Å². The van der Waals surface area contributed by atoms with Crippen LogP contribution in [-0.4, -0.2) is 38.2 Å². The third-order valence-corrected chi connectivity index (χ3v) is 6.90. The molecule has 174 valence electrons. The third kappa shape index (κ3) is 5.23. The van der Waals surface area contributed by atoms with Crippen LogP contribution >= 0.6 is 0 Å². The molecule has 6 nitrogen and oxygen atoms in total. The fraction of sp³-hybridized carbons (Fsp3) is 0.357.